The number of nitrogens with zero attached hydrogens (tertiary/aromatic N) is 4. The molecule has 1 N–H and O–H groups in total. The number of benzene rings is 1. The van der Waals surface area contributed by atoms with Crippen molar-refractivity contribution >= 4 is 0 Å². The van der Waals surface area contributed by atoms with Gasteiger partial charge in [-0.3, -0.25) is 0 Å². The molecule has 0 amide bonds. The molecule has 5 nitrogen and oxygen atoms in total. The first kappa shape index (κ1) is 14.8. The van der Waals surface area contributed by atoms with Crippen molar-refractivity contribution in [2.45, 2.75) is 44.3 Å². The predicted octanol–water partition coefficient (Wildman–Crippen LogP) is 2.12. The normalized spacial score (nSPS) is 20.0. The summed E-state index contributed by atoms with van der Waals surface area (Å²) in [6.07, 6.45) is 8.06. The van der Waals surface area contributed by atoms with E-state index in [1.54, 1.807) is 12.1 Å². The highest BCUT2D eigenvalue weighted by atomic mass is 19.1. The summed E-state index contributed by atoms with van der Waals surface area (Å²) in [6, 6.07) is 6.71. The van der Waals surface area contributed by atoms with Crippen LogP contribution in [0.3, 0.4) is 0 Å². The zero-order valence-corrected chi connectivity index (χ0v) is 13.2. The minimum absolute atomic E-state index is 0.265. The van der Waals surface area contributed by atoms with Crippen LogP contribution in [0.4, 0.5) is 4.39 Å². The van der Waals surface area contributed by atoms with Crippen LogP contribution in [0.1, 0.15) is 31.2 Å². The Morgan fingerprint density at radius 3 is 2.65 bits per heavy atom. The van der Waals surface area contributed by atoms with Crippen LogP contribution in [0.5, 0.6) is 0 Å². The van der Waals surface area contributed by atoms with E-state index in [1.165, 1.54) is 56.1 Å². The van der Waals surface area contributed by atoms with Gasteiger partial charge in [-0.1, -0.05) is 6.07 Å². The Balaban J connectivity index is 1.32. The Morgan fingerprint density at radius 1 is 1.17 bits per heavy atom. The lowest BCUT2D eigenvalue weighted by Gasteiger charge is -2.32. The lowest BCUT2D eigenvalue weighted by atomic mass is 10.0. The van der Waals surface area contributed by atoms with E-state index >= 15 is 0 Å². The van der Waals surface area contributed by atoms with Gasteiger partial charge in [0, 0.05) is 18.6 Å². The molecule has 2 aromatic rings. The summed E-state index contributed by atoms with van der Waals surface area (Å²) in [4.78, 5) is 6.47. The van der Waals surface area contributed by atoms with E-state index in [2.05, 4.69) is 20.3 Å². The van der Waals surface area contributed by atoms with Gasteiger partial charge in [-0.25, -0.2) is 14.1 Å². The fourth-order valence-electron chi connectivity index (χ4n) is 3.35. The van der Waals surface area contributed by atoms with Gasteiger partial charge in [-0.2, -0.15) is 5.10 Å². The predicted molar refractivity (Wildman–Crippen MR) is 85.8 cm³/mol. The third kappa shape index (κ3) is 3.43. The van der Waals surface area contributed by atoms with Gasteiger partial charge in [-0.15, -0.1) is 0 Å². The number of piperidine rings is 1. The van der Waals surface area contributed by atoms with Gasteiger partial charge in [0.05, 0.1) is 0 Å². The molecule has 1 saturated carbocycles. The Morgan fingerprint density at radius 2 is 2.00 bits per heavy atom. The molecule has 1 saturated heterocycles. The quantitative estimate of drug-likeness (QED) is 0.918. The topological polar surface area (TPSA) is 46.0 Å². The van der Waals surface area contributed by atoms with Gasteiger partial charge in [0.1, 0.15) is 24.2 Å². The van der Waals surface area contributed by atoms with Crippen LogP contribution in [0.25, 0.3) is 5.69 Å². The summed E-state index contributed by atoms with van der Waals surface area (Å²) in [5, 5.41) is 7.54. The Hall–Kier alpha value is -1.79. The second kappa shape index (κ2) is 6.37. The molecule has 6 heteroatoms. The Labute approximate surface area is 135 Å². The first-order chi connectivity index (χ1) is 11.3. The van der Waals surface area contributed by atoms with Crippen LogP contribution in [0, 0.1) is 5.82 Å². The zero-order valence-electron chi connectivity index (χ0n) is 13.2. The van der Waals surface area contributed by atoms with Crippen molar-refractivity contribution in [3.8, 4) is 5.69 Å². The molecule has 1 aliphatic carbocycles. The molecule has 1 aliphatic heterocycles. The first-order valence-electron chi connectivity index (χ1n) is 8.40. The summed E-state index contributed by atoms with van der Waals surface area (Å²) < 4.78 is 15.6. The molecule has 0 radical (unpaired) electrons. The Kier molecular flexibility index (Phi) is 4.10. The lowest BCUT2D eigenvalue weighted by Crippen LogP contribution is -2.43. The average molecular weight is 315 g/mol. The van der Waals surface area contributed by atoms with Gasteiger partial charge in [0.25, 0.3) is 0 Å². The van der Waals surface area contributed by atoms with E-state index in [0.29, 0.717) is 18.3 Å². The maximum atomic E-state index is 14.2. The number of aromatic nitrogens is 3. The number of nitrogens with one attached hydrogen (secondary N) is 1. The zero-order chi connectivity index (χ0) is 15.6. The van der Waals surface area contributed by atoms with Crippen LogP contribution in [-0.4, -0.2) is 44.8 Å². The van der Waals surface area contributed by atoms with E-state index in [0.717, 1.165) is 11.6 Å². The van der Waals surface area contributed by atoms with Crippen molar-refractivity contribution in [1.29, 1.82) is 0 Å². The highest BCUT2D eigenvalue weighted by molar-refractivity contribution is 5.35. The van der Waals surface area contributed by atoms with Gasteiger partial charge in [0.15, 0.2) is 0 Å². The molecular formula is C17H22FN5. The lowest BCUT2D eigenvalue weighted by molar-refractivity contribution is 0.189. The summed E-state index contributed by atoms with van der Waals surface area (Å²) >= 11 is 0. The van der Waals surface area contributed by atoms with Crippen molar-refractivity contribution in [1.82, 2.24) is 25.0 Å². The van der Waals surface area contributed by atoms with Crippen molar-refractivity contribution in [2.24, 2.45) is 0 Å². The molecule has 0 atom stereocenters. The molecule has 1 aromatic carbocycles. The molecule has 2 fully saturated rings. The molecule has 4 rings (SSSR count). The maximum absolute atomic E-state index is 14.2. The molecule has 23 heavy (non-hydrogen) atoms. The van der Waals surface area contributed by atoms with Crippen LogP contribution in [0.2, 0.25) is 0 Å². The molecule has 2 aliphatic rings. The molecule has 2 heterocycles. The fourth-order valence-corrected chi connectivity index (χ4v) is 3.35. The minimum Gasteiger partial charge on any atom is -0.310 e. The fraction of sp³-hybridized carbons (Fsp3) is 0.529. The van der Waals surface area contributed by atoms with Crippen LogP contribution >= 0.6 is 0 Å². The van der Waals surface area contributed by atoms with Crippen molar-refractivity contribution in [2.75, 3.05) is 13.1 Å². The summed E-state index contributed by atoms with van der Waals surface area (Å²) in [6.45, 7) is 3.10. The van der Waals surface area contributed by atoms with Crippen molar-refractivity contribution < 1.29 is 4.39 Å². The second-order valence-electron chi connectivity index (χ2n) is 6.55. The first-order valence-corrected chi connectivity index (χ1v) is 8.40. The van der Waals surface area contributed by atoms with Gasteiger partial charge >= 0.3 is 0 Å². The number of likely N-dealkylation sites (tertiary alicyclic amines) is 1. The van der Waals surface area contributed by atoms with Crippen molar-refractivity contribution in [3.63, 3.8) is 0 Å². The largest absolute Gasteiger partial charge is 0.310 e. The molecule has 0 bridgehead atoms. The summed E-state index contributed by atoms with van der Waals surface area (Å²) in [7, 11) is 0. The SMILES string of the molecule is Fc1cc(CNC2CCN(C3CC3)CC2)ccc1-n1cncn1. The smallest absolute Gasteiger partial charge is 0.149 e. The van der Waals surface area contributed by atoms with Crippen LogP contribution in [0.15, 0.2) is 30.9 Å². The molecule has 0 unspecified atom stereocenters. The number of hydrogen-bond acceptors (Lipinski definition) is 4. The van der Waals surface area contributed by atoms with Crippen LogP contribution in [-0.2, 0) is 6.54 Å². The summed E-state index contributed by atoms with van der Waals surface area (Å²) in [5.74, 6) is -0.265. The van der Waals surface area contributed by atoms with E-state index in [9.17, 15) is 4.39 Å². The van der Waals surface area contributed by atoms with Gasteiger partial charge < -0.3 is 10.2 Å². The standard InChI is InChI=1S/C17H22FN5/c18-16-9-13(1-4-17(16)23-12-19-11-21-23)10-20-14-5-7-22(8-6-14)15-2-3-15/h1,4,9,11-12,14-15,20H,2-3,5-8,10H2. The second-order valence-corrected chi connectivity index (χ2v) is 6.55. The van der Waals surface area contributed by atoms with Gasteiger partial charge in [-0.05, 0) is 56.5 Å². The average Bonchev–Trinajstić information content (AvgIpc) is 3.29. The Bertz CT molecular complexity index is 645. The number of halogens is 1. The van der Waals surface area contributed by atoms with Gasteiger partial charge in [0.2, 0.25) is 0 Å². The van der Waals surface area contributed by atoms with E-state index in [-0.39, 0.29) is 5.82 Å². The summed E-state index contributed by atoms with van der Waals surface area (Å²) in [5.41, 5.74) is 1.40. The number of hydrogen-bond donors (Lipinski definition) is 1. The van der Waals surface area contributed by atoms with E-state index < -0.39 is 0 Å². The van der Waals surface area contributed by atoms with Crippen molar-refractivity contribution in [3.05, 3.63) is 42.2 Å². The third-order valence-corrected chi connectivity index (χ3v) is 4.87. The third-order valence-electron chi connectivity index (χ3n) is 4.87. The molecular weight excluding hydrogens is 293 g/mol. The highest BCUT2D eigenvalue weighted by Gasteiger charge is 2.31. The highest BCUT2D eigenvalue weighted by Crippen LogP contribution is 2.29. The minimum atomic E-state index is -0.265. The van der Waals surface area contributed by atoms with Crippen LogP contribution < -0.4 is 5.32 Å². The maximum Gasteiger partial charge on any atom is 0.149 e. The number of rotatable bonds is 5. The molecule has 0 spiro atoms. The van der Waals surface area contributed by atoms with E-state index in [1.807, 2.05) is 6.07 Å². The molecule has 122 valence electrons. The van der Waals surface area contributed by atoms with E-state index in [4.69, 9.17) is 0 Å². The monoisotopic (exact) mass is 315 g/mol. The molecule has 1 aromatic heterocycles.